The SMILES string of the molecule is CCOc1ccc(-c2noc(CN3CCN(C(=O)C(C)C)CC3)n2)cc1. The molecular formula is C19H26N4O3. The smallest absolute Gasteiger partial charge is 0.241 e. The standard InChI is InChI=1S/C19H26N4O3/c1-4-25-16-7-5-15(6-8-16)18-20-17(26-21-18)13-22-9-11-23(12-10-22)19(24)14(2)3/h5-8,14H,4,9-13H2,1-3H3. The van der Waals surface area contributed by atoms with E-state index in [0.717, 1.165) is 37.5 Å². The molecule has 7 heteroatoms. The lowest BCUT2D eigenvalue weighted by Crippen LogP contribution is -2.49. The maximum Gasteiger partial charge on any atom is 0.241 e. The lowest BCUT2D eigenvalue weighted by molar-refractivity contribution is -0.136. The summed E-state index contributed by atoms with van der Waals surface area (Å²) in [6.07, 6.45) is 0. The van der Waals surface area contributed by atoms with Crippen LogP contribution in [0.2, 0.25) is 0 Å². The van der Waals surface area contributed by atoms with Crippen molar-refractivity contribution in [2.24, 2.45) is 5.92 Å². The Balaban J connectivity index is 1.55. The van der Waals surface area contributed by atoms with Gasteiger partial charge in [-0.25, -0.2) is 0 Å². The predicted octanol–water partition coefficient (Wildman–Crippen LogP) is 2.44. The number of rotatable bonds is 6. The number of aromatic nitrogens is 2. The molecule has 140 valence electrons. The normalized spacial score (nSPS) is 15.5. The fourth-order valence-corrected chi connectivity index (χ4v) is 2.99. The van der Waals surface area contributed by atoms with Crippen molar-refractivity contribution in [3.63, 3.8) is 0 Å². The summed E-state index contributed by atoms with van der Waals surface area (Å²) in [6.45, 7) is 10.2. The van der Waals surface area contributed by atoms with Crippen molar-refractivity contribution in [3.8, 4) is 17.1 Å². The van der Waals surface area contributed by atoms with Crippen molar-refractivity contribution >= 4 is 5.91 Å². The van der Waals surface area contributed by atoms with Gasteiger partial charge in [0.2, 0.25) is 17.6 Å². The molecule has 0 atom stereocenters. The van der Waals surface area contributed by atoms with Crippen molar-refractivity contribution in [2.45, 2.75) is 27.3 Å². The van der Waals surface area contributed by atoms with Gasteiger partial charge in [-0.05, 0) is 31.2 Å². The van der Waals surface area contributed by atoms with Gasteiger partial charge in [0.25, 0.3) is 0 Å². The molecule has 1 aliphatic heterocycles. The average Bonchev–Trinajstić information content (AvgIpc) is 3.11. The van der Waals surface area contributed by atoms with E-state index in [4.69, 9.17) is 9.26 Å². The fraction of sp³-hybridized carbons (Fsp3) is 0.526. The number of hydrogen-bond donors (Lipinski definition) is 0. The van der Waals surface area contributed by atoms with E-state index in [1.54, 1.807) is 0 Å². The third-order valence-corrected chi connectivity index (χ3v) is 4.43. The summed E-state index contributed by atoms with van der Waals surface area (Å²) in [4.78, 5) is 20.7. The summed E-state index contributed by atoms with van der Waals surface area (Å²) in [5.41, 5.74) is 0.899. The van der Waals surface area contributed by atoms with Crippen molar-refractivity contribution in [1.29, 1.82) is 0 Å². The molecule has 0 bridgehead atoms. The van der Waals surface area contributed by atoms with Crippen LogP contribution in [0.4, 0.5) is 0 Å². The van der Waals surface area contributed by atoms with Crippen LogP contribution < -0.4 is 4.74 Å². The maximum absolute atomic E-state index is 12.0. The van der Waals surface area contributed by atoms with E-state index < -0.39 is 0 Å². The minimum Gasteiger partial charge on any atom is -0.494 e. The highest BCUT2D eigenvalue weighted by atomic mass is 16.5. The minimum atomic E-state index is 0.0502. The molecule has 0 saturated carbocycles. The first-order chi connectivity index (χ1) is 12.6. The number of benzene rings is 1. The second-order valence-electron chi connectivity index (χ2n) is 6.73. The molecule has 0 spiro atoms. The summed E-state index contributed by atoms with van der Waals surface area (Å²) in [7, 11) is 0. The molecule has 2 aromatic rings. The number of amides is 1. The highest BCUT2D eigenvalue weighted by molar-refractivity contribution is 5.78. The van der Waals surface area contributed by atoms with Gasteiger partial charge >= 0.3 is 0 Å². The first kappa shape index (κ1) is 18.4. The fourth-order valence-electron chi connectivity index (χ4n) is 2.99. The largest absolute Gasteiger partial charge is 0.494 e. The maximum atomic E-state index is 12.0. The molecule has 0 aliphatic carbocycles. The van der Waals surface area contributed by atoms with Crippen LogP contribution in [0.1, 0.15) is 26.7 Å². The Kier molecular flexibility index (Phi) is 5.88. The Hall–Kier alpha value is -2.41. The first-order valence-corrected chi connectivity index (χ1v) is 9.13. The Labute approximate surface area is 153 Å². The van der Waals surface area contributed by atoms with Crippen molar-refractivity contribution in [2.75, 3.05) is 32.8 Å². The summed E-state index contributed by atoms with van der Waals surface area (Å²) in [6, 6.07) is 7.66. The summed E-state index contributed by atoms with van der Waals surface area (Å²) in [5, 5.41) is 4.08. The molecule has 1 amide bonds. The first-order valence-electron chi connectivity index (χ1n) is 9.13. The molecule has 1 aliphatic rings. The van der Waals surface area contributed by atoms with Crippen LogP contribution in [0.15, 0.2) is 28.8 Å². The zero-order chi connectivity index (χ0) is 18.5. The Morgan fingerprint density at radius 3 is 2.50 bits per heavy atom. The molecule has 0 N–H and O–H groups in total. The van der Waals surface area contributed by atoms with Gasteiger partial charge in [0.15, 0.2) is 0 Å². The van der Waals surface area contributed by atoms with Gasteiger partial charge < -0.3 is 14.2 Å². The second-order valence-corrected chi connectivity index (χ2v) is 6.73. The van der Waals surface area contributed by atoms with Gasteiger partial charge in [-0.15, -0.1) is 0 Å². The van der Waals surface area contributed by atoms with Crippen LogP contribution in [0.3, 0.4) is 0 Å². The van der Waals surface area contributed by atoms with E-state index in [0.29, 0.717) is 24.9 Å². The molecule has 0 unspecified atom stereocenters. The van der Waals surface area contributed by atoms with Gasteiger partial charge in [0, 0.05) is 37.7 Å². The molecule has 1 fully saturated rings. The van der Waals surface area contributed by atoms with Crippen LogP contribution in [0.25, 0.3) is 11.4 Å². The van der Waals surface area contributed by atoms with E-state index in [2.05, 4.69) is 15.0 Å². The van der Waals surface area contributed by atoms with E-state index in [1.165, 1.54) is 0 Å². The van der Waals surface area contributed by atoms with Crippen LogP contribution in [-0.4, -0.2) is 58.6 Å². The zero-order valence-corrected chi connectivity index (χ0v) is 15.6. The van der Waals surface area contributed by atoms with Crippen LogP contribution >= 0.6 is 0 Å². The average molecular weight is 358 g/mol. The van der Waals surface area contributed by atoms with Crippen LogP contribution in [0, 0.1) is 5.92 Å². The molecular weight excluding hydrogens is 332 g/mol. The molecule has 2 heterocycles. The van der Waals surface area contributed by atoms with Gasteiger partial charge in [-0.1, -0.05) is 19.0 Å². The van der Waals surface area contributed by atoms with Crippen LogP contribution in [-0.2, 0) is 11.3 Å². The van der Waals surface area contributed by atoms with Gasteiger partial charge in [0.05, 0.1) is 13.2 Å². The van der Waals surface area contributed by atoms with E-state index in [1.807, 2.05) is 49.9 Å². The lowest BCUT2D eigenvalue weighted by atomic mass is 10.1. The number of nitrogens with zero attached hydrogens (tertiary/aromatic N) is 4. The van der Waals surface area contributed by atoms with E-state index >= 15 is 0 Å². The molecule has 1 saturated heterocycles. The Morgan fingerprint density at radius 1 is 1.19 bits per heavy atom. The lowest BCUT2D eigenvalue weighted by Gasteiger charge is -2.34. The third-order valence-electron chi connectivity index (χ3n) is 4.43. The third kappa shape index (κ3) is 4.40. The minimum absolute atomic E-state index is 0.0502. The van der Waals surface area contributed by atoms with Gasteiger partial charge in [-0.2, -0.15) is 4.98 Å². The number of carbonyl (C=O) groups excluding carboxylic acids is 1. The van der Waals surface area contributed by atoms with Gasteiger partial charge in [0.1, 0.15) is 5.75 Å². The number of ether oxygens (including phenoxy) is 1. The molecule has 3 rings (SSSR count). The number of piperazine rings is 1. The summed E-state index contributed by atoms with van der Waals surface area (Å²) >= 11 is 0. The Morgan fingerprint density at radius 2 is 1.88 bits per heavy atom. The van der Waals surface area contributed by atoms with E-state index in [9.17, 15) is 4.79 Å². The molecule has 1 aromatic heterocycles. The number of hydrogen-bond acceptors (Lipinski definition) is 6. The summed E-state index contributed by atoms with van der Waals surface area (Å²) < 4.78 is 10.8. The topological polar surface area (TPSA) is 71.7 Å². The zero-order valence-electron chi connectivity index (χ0n) is 15.6. The molecule has 7 nitrogen and oxygen atoms in total. The quantitative estimate of drug-likeness (QED) is 0.790. The van der Waals surface area contributed by atoms with Gasteiger partial charge in [-0.3, -0.25) is 9.69 Å². The molecule has 26 heavy (non-hydrogen) atoms. The second kappa shape index (κ2) is 8.31. The predicted molar refractivity (Wildman–Crippen MR) is 97.6 cm³/mol. The molecule has 0 radical (unpaired) electrons. The van der Waals surface area contributed by atoms with Crippen molar-refractivity contribution < 1.29 is 14.1 Å². The highest BCUT2D eigenvalue weighted by Gasteiger charge is 2.24. The van der Waals surface area contributed by atoms with Crippen molar-refractivity contribution in [3.05, 3.63) is 30.2 Å². The van der Waals surface area contributed by atoms with E-state index in [-0.39, 0.29) is 11.8 Å². The van der Waals surface area contributed by atoms with Crippen LogP contribution in [0.5, 0.6) is 5.75 Å². The monoisotopic (exact) mass is 358 g/mol. The highest BCUT2D eigenvalue weighted by Crippen LogP contribution is 2.20. The summed E-state index contributed by atoms with van der Waals surface area (Å²) in [5.74, 6) is 2.28. The Bertz CT molecular complexity index is 719. The van der Waals surface area contributed by atoms with Crippen molar-refractivity contribution in [1.82, 2.24) is 19.9 Å². The number of carbonyl (C=O) groups is 1. The molecule has 1 aromatic carbocycles.